The van der Waals surface area contributed by atoms with Gasteiger partial charge in [-0.05, 0) is 43.0 Å². The van der Waals surface area contributed by atoms with Crippen LogP contribution in [0.2, 0.25) is 0 Å². The fourth-order valence-electron chi connectivity index (χ4n) is 3.76. The number of carbonyl (C=O) groups is 2. The Bertz CT molecular complexity index is 875. The summed E-state index contributed by atoms with van der Waals surface area (Å²) in [6.45, 7) is 3.52. The lowest BCUT2D eigenvalue weighted by molar-refractivity contribution is 0.0786. The van der Waals surface area contributed by atoms with E-state index >= 15 is 0 Å². The zero-order chi connectivity index (χ0) is 19.5. The van der Waals surface area contributed by atoms with E-state index in [4.69, 9.17) is 0 Å². The molecule has 2 aromatic rings. The van der Waals surface area contributed by atoms with Gasteiger partial charge in [0.15, 0.2) is 5.69 Å². The maximum atomic E-state index is 13.3. The summed E-state index contributed by atoms with van der Waals surface area (Å²) in [6, 6.07) is 7.79. The molecule has 4 rings (SSSR count). The third kappa shape index (κ3) is 4.00. The zero-order valence-corrected chi connectivity index (χ0v) is 15.7. The molecule has 0 atom stereocenters. The molecule has 148 valence electrons. The van der Waals surface area contributed by atoms with Gasteiger partial charge in [0.05, 0.1) is 12.2 Å². The van der Waals surface area contributed by atoms with Gasteiger partial charge in [0, 0.05) is 32.7 Å². The van der Waals surface area contributed by atoms with Crippen molar-refractivity contribution in [2.24, 2.45) is 0 Å². The molecule has 8 heteroatoms. The van der Waals surface area contributed by atoms with Crippen molar-refractivity contribution in [2.75, 3.05) is 19.6 Å². The van der Waals surface area contributed by atoms with Crippen molar-refractivity contribution in [3.63, 3.8) is 0 Å². The second-order valence-corrected chi connectivity index (χ2v) is 7.31. The van der Waals surface area contributed by atoms with Crippen LogP contribution in [0.5, 0.6) is 0 Å². The van der Waals surface area contributed by atoms with Gasteiger partial charge in [-0.2, -0.15) is 5.10 Å². The molecule has 7 nitrogen and oxygen atoms in total. The monoisotopic (exact) mass is 385 g/mol. The summed E-state index contributed by atoms with van der Waals surface area (Å²) in [5.41, 5.74) is 2.03. The highest BCUT2D eigenvalue weighted by molar-refractivity contribution is 5.92. The molecule has 0 spiro atoms. The molecule has 0 unspecified atom stereocenters. The summed E-state index contributed by atoms with van der Waals surface area (Å²) < 4.78 is 15.1. The molecule has 1 aromatic carbocycles. The summed E-state index contributed by atoms with van der Waals surface area (Å²) in [5, 5.41) is 7.32. The minimum absolute atomic E-state index is 0.0276. The van der Waals surface area contributed by atoms with Gasteiger partial charge in [-0.1, -0.05) is 12.1 Å². The van der Waals surface area contributed by atoms with Gasteiger partial charge >= 0.3 is 6.03 Å². The lowest BCUT2D eigenvalue weighted by atomic mass is 10.2. The van der Waals surface area contributed by atoms with E-state index in [2.05, 4.69) is 10.4 Å². The summed E-state index contributed by atoms with van der Waals surface area (Å²) in [4.78, 5) is 28.7. The summed E-state index contributed by atoms with van der Waals surface area (Å²) >= 11 is 0. The van der Waals surface area contributed by atoms with E-state index in [0.29, 0.717) is 30.9 Å². The molecule has 0 bridgehead atoms. The smallest absolute Gasteiger partial charge is 0.318 e. The van der Waals surface area contributed by atoms with Crippen molar-refractivity contribution in [2.45, 2.75) is 38.9 Å². The number of hydrogen-bond donors (Lipinski definition) is 1. The number of likely N-dealkylation sites (tertiary alicyclic amines) is 1. The molecule has 2 aliphatic rings. The average molecular weight is 385 g/mol. The molecular weight excluding hydrogens is 361 g/mol. The first-order valence-electron chi connectivity index (χ1n) is 9.73. The highest BCUT2D eigenvalue weighted by Crippen LogP contribution is 2.17. The number of aryl methyl sites for hydroxylation is 1. The predicted octanol–water partition coefficient (Wildman–Crippen LogP) is 2.37. The number of hydrogen-bond acceptors (Lipinski definition) is 3. The molecule has 0 saturated carbocycles. The second kappa shape index (κ2) is 8.00. The van der Waals surface area contributed by atoms with Crippen molar-refractivity contribution in [3.05, 3.63) is 53.1 Å². The number of urea groups is 1. The number of halogens is 1. The van der Waals surface area contributed by atoms with Gasteiger partial charge in [0.1, 0.15) is 5.82 Å². The lowest BCUT2D eigenvalue weighted by Crippen LogP contribution is -2.39. The fraction of sp³-hybridized carbons (Fsp3) is 0.450. The Morgan fingerprint density at radius 3 is 2.61 bits per heavy atom. The van der Waals surface area contributed by atoms with Crippen LogP contribution in [0.4, 0.5) is 9.18 Å². The maximum Gasteiger partial charge on any atom is 0.318 e. The molecule has 2 aliphatic heterocycles. The number of fused-ring (bicyclic) bond motifs is 1. The first-order chi connectivity index (χ1) is 13.6. The number of benzene rings is 1. The maximum absolute atomic E-state index is 13.3. The largest absolute Gasteiger partial charge is 0.337 e. The van der Waals surface area contributed by atoms with Gasteiger partial charge in [0.2, 0.25) is 0 Å². The summed E-state index contributed by atoms with van der Waals surface area (Å²) in [6.07, 6.45) is 2.84. The SMILES string of the molecule is O=C(NCc1cccc(F)c1)N1CCCn2nc(C(=O)N3CCCC3)cc2C1. The van der Waals surface area contributed by atoms with Gasteiger partial charge < -0.3 is 15.1 Å². The highest BCUT2D eigenvalue weighted by atomic mass is 19.1. The summed E-state index contributed by atoms with van der Waals surface area (Å²) in [5.74, 6) is -0.346. The minimum atomic E-state index is -0.319. The first-order valence-corrected chi connectivity index (χ1v) is 9.73. The number of nitrogens with one attached hydrogen (secondary N) is 1. The first kappa shape index (κ1) is 18.5. The Labute approximate surface area is 163 Å². The van der Waals surface area contributed by atoms with Crippen LogP contribution in [0.25, 0.3) is 0 Å². The van der Waals surface area contributed by atoms with Crippen LogP contribution in [-0.2, 0) is 19.6 Å². The number of amides is 3. The van der Waals surface area contributed by atoms with E-state index in [9.17, 15) is 14.0 Å². The van der Waals surface area contributed by atoms with Crippen molar-refractivity contribution in [3.8, 4) is 0 Å². The van der Waals surface area contributed by atoms with E-state index in [0.717, 1.165) is 38.0 Å². The third-order valence-electron chi connectivity index (χ3n) is 5.25. The van der Waals surface area contributed by atoms with Gasteiger partial charge in [-0.25, -0.2) is 9.18 Å². The van der Waals surface area contributed by atoms with Crippen molar-refractivity contribution in [1.82, 2.24) is 24.9 Å². The Balaban J connectivity index is 1.41. The van der Waals surface area contributed by atoms with Crippen LogP contribution < -0.4 is 5.32 Å². The standard InChI is InChI=1S/C20H24FN5O2/c21-16-6-3-5-15(11-16)13-22-20(28)25-9-4-10-26-17(14-25)12-18(23-26)19(27)24-7-1-2-8-24/h3,5-6,11-12H,1-2,4,7-10,13-14H2,(H,22,28). The topological polar surface area (TPSA) is 70.5 Å². The summed E-state index contributed by atoms with van der Waals surface area (Å²) in [7, 11) is 0. The van der Waals surface area contributed by atoms with Crippen LogP contribution in [0.15, 0.2) is 30.3 Å². The number of carbonyl (C=O) groups excluding carboxylic acids is 2. The van der Waals surface area contributed by atoms with Crippen LogP contribution >= 0.6 is 0 Å². The third-order valence-corrected chi connectivity index (χ3v) is 5.25. The van der Waals surface area contributed by atoms with Gasteiger partial charge in [-0.15, -0.1) is 0 Å². The molecule has 3 heterocycles. The van der Waals surface area contributed by atoms with Gasteiger partial charge in [-0.3, -0.25) is 9.48 Å². The quantitative estimate of drug-likeness (QED) is 0.882. The van der Waals surface area contributed by atoms with Crippen molar-refractivity contribution in [1.29, 1.82) is 0 Å². The Hall–Kier alpha value is -2.90. The van der Waals surface area contributed by atoms with Crippen molar-refractivity contribution < 1.29 is 14.0 Å². The van der Waals surface area contributed by atoms with Crippen molar-refractivity contribution >= 4 is 11.9 Å². The van der Waals surface area contributed by atoms with Gasteiger partial charge in [0.25, 0.3) is 5.91 Å². The number of rotatable bonds is 3. The van der Waals surface area contributed by atoms with Crippen LogP contribution in [0.1, 0.15) is 41.0 Å². The Kier molecular flexibility index (Phi) is 5.27. The normalized spacial score (nSPS) is 16.6. The van der Waals surface area contributed by atoms with Crippen LogP contribution in [0.3, 0.4) is 0 Å². The average Bonchev–Trinajstić information content (AvgIpc) is 3.32. The van der Waals surface area contributed by atoms with E-state index in [1.807, 2.05) is 9.58 Å². The van der Waals surface area contributed by atoms with E-state index in [1.54, 1.807) is 23.1 Å². The molecule has 1 aromatic heterocycles. The highest BCUT2D eigenvalue weighted by Gasteiger charge is 2.25. The lowest BCUT2D eigenvalue weighted by Gasteiger charge is -2.20. The molecule has 1 fully saturated rings. The molecule has 28 heavy (non-hydrogen) atoms. The van der Waals surface area contributed by atoms with E-state index < -0.39 is 0 Å². The van der Waals surface area contributed by atoms with E-state index in [1.165, 1.54) is 12.1 Å². The Morgan fingerprint density at radius 2 is 1.82 bits per heavy atom. The molecule has 1 saturated heterocycles. The molecule has 0 radical (unpaired) electrons. The number of nitrogens with zero attached hydrogens (tertiary/aromatic N) is 4. The van der Waals surface area contributed by atoms with E-state index in [-0.39, 0.29) is 24.3 Å². The molecular formula is C20H24FN5O2. The Morgan fingerprint density at radius 1 is 1.04 bits per heavy atom. The van der Waals surface area contributed by atoms with Crippen LogP contribution in [-0.4, -0.2) is 51.2 Å². The number of aromatic nitrogens is 2. The fourth-order valence-corrected chi connectivity index (χ4v) is 3.76. The molecule has 3 amide bonds. The predicted molar refractivity (Wildman–Crippen MR) is 101 cm³/mol. The molecule has 1 N–H and O–H groups in total. The second-order valence-electron chi connectivity index (χ2n) is 7.31. The minimum Gasteiger partial charge on any atom is -0.337 e. The molecule has 0 aliphatic carbocycles. The zero-order valence-electron chi connectivity index (χ0n) is 15.7. The van der Waals surface area contributed by atoms with Crippen LogP contribution in [0, 0.1) is 5.82 Å².